The van der Waals surface area contributed by atoms with Gasteiger partial charge in [-0.1, -0.05) is 0 Å². The van der Waals surface area contributed by atoms with Crippen molar-refractivity contribution in [3.8, 4) is 0 Å². The number of aromatic nitrogens is 1. The summed E-state index contributed by atoms with van der Waals surface area (Å²) in [6.45, 7) is 7.42. The minimum Gasteiger partial charge on any atom is -0.445 e. The second kappa shape index (κ2) is 5.65. The number of hydrogen-bond donors (Lipinski definition) is 1. The lowest BCUT2D eigenvalue weighted by molar-refractivity contribution is 0.268. The van der Waals surface area contributed by atoms with Crippen LogP contribution in [0.25, 0.3) is 0 Å². The quantitative estimate of drug-likeness (QED) is 0.848. The van der Waals surface area contributed by atoms with Crippen molar-refractivity contribution < 1.29 is 4.42 Å². The number of rotatable bonds is 5. The molecule has 0 aliphatic carbocycles. The number of likely N-dealkylation sites (tertiary alicyclic amines) is 1. The molecule has 0 bridgehead atoms. The Bertz CT molecular complexity index is 348. The van der Waals surface area contributed by atoms with Crippen LogP contribution in [0.5, 0.6) is 0 Å². The van der Waals surface area contributed by atoms with E-state index in [-0.39, 0.29) is 0 Å². The first kappa shape index (κ1) is 12.6. The van der Waals surface area contributed by atoms with Gasteiger partial charge in [0.25, 0.3) is 0 Å². The van der Waals surface area contributed by atoms with Crippen molar-refractivity contribution in [1.29, 1.82) is 0 Å². The lowest BCUT2D eigenvalue weighted by Gasteiger charge is -2.19. The van der Waals surface area contributed by atoms with E-state index in [4.69, 9.17) is 10.2 Å². The Balaban J connectivity index is 1.92. The molecule has 4 heteroatoms. The molecule has 4 nitrogen and oxygen atoms in total. The molecule has 0 saturated carbocycles. The Morgan fingerprint density at radius 3 is 3.06 bits per heavy atom. The second-order valence-electron chi connectivity index (χ2n) is 5.13. The summed E-state index contributed by atoms with van der Waals surface area (Å²) >= 11 is 0. The van der Waals surface area contributed by atoms with E-state index in [9.17, 15) is 0 Å². The van der Waals surface area contributed by atoms with Crippen molar-refractivity contribution in [3.63, 3.8) is 0 Å². The molecule has 1 aromatic rings. The van der Waals surface area contributed by atoms with E-state index in [1.807, 2.05) is 6.20 Å². The molecule has 96 valence electrons. The maximum absolute atomic E-state index is 5.80. The van der Waals surface area contributed by atoms with Crippen LogP contribution in [0.4, 0.5) is 0 Å². The van der Waals surface area contributed by atoms with Crippen LogP contribution in [0.15, 0.2) is 10.6 Å². The Hall–Kier alpha value is -0.870. The van der Waals surface area contributed by atoms with E-state index < -0.39 is 0 Å². The molecule has 1 atom stereocenters. The highest BCUT2D eigenvalue weighted by Crippen LogP contribution is 2.28. The van der Waals surface area contributed by atoms with Crippen molar-refractivity contribution in [2.45, 2.75) is 45.1 Å². The standard InChI is InChI=1S/C13H23N3O/c1-10(2)16-7-5-11(9-16)13-15-8-12(17-13)4-3-6-14/h8,10-11H,3-7,9,14H2,1-2H3. The van der Waals surface area contributed by atoms with Crippen LogP contribution in [0, 0.1) is 0 Å². The third kappa shape index (κ3) is 3.07. The van der Waals surface area contributed by atoms with Crippen molar-refractivity contribution in [2.24, 2.45) is 5.73 Å². The Labute approximate surface area is 103 Å². The average molecular weight is 237 g/mol. The molecular weight excluding hydrogens is 214 g/mol. The van der Waals surface area contributed by atoms with Crippen LogP contribution in [-0.4, -0.2) is 35.6 Å². The SMILES string of the molecule is CC(C)N1CCC(c2ncc(CCCN)o2)C1. The smallest absolute Gasteiger partial charge is 0.198 e. The maximum Gasteiger partial charge on any atom is 0.198 e. The fourth-order valence-electron chi connectivity index (χ4n) is 2.36. The van der Waals surface area contributed by atoms with E-state index in [0.29, 0.717) is 18.5 Å². The van der Waals surface area contributed by atoms with Gasteiger partial charge in [0.15, 0.2) is 5.89 Å². The van der Waals surface area contributed by atoms with Crippen LogP contribution < -0.4 is 5.73 Å². The maximum atomic E-state index is 5.80. The minimum absolute atomic E-state index is 0.476. The van der Waals surface area contributed by atoms with E-state index >= 15 is 0 Å². The second-order valence-corrected chi connectivity index (χ2v) is 5.13. The molecular formula is C13H23N3O. The first-order valence-corrected chi connectivity index (χ1v) is 6.59. The molecule has 2 rings (SSSR count). The highest BCUT2D eigenvalue weighted by Gasteiger charge is 2.28. The highest BCUT2D eigenvalue weighted by atomic mass is 16.4. The van der Waals surface area contributed by atoms with Gasteiger partial charge < -0.3 is 15.1 Å². The summed E-state index contributed by atoms with van der Waals surface area (Å²) in [5.74, 6) is 2.37. The minimum atomic E-state index is 0.476. The molecule has 1 aromatic heterocycles. The predicted octanol–water partition coefficient (Wildman–Crippen LogP) is 1.76. The first-order chi connectivity index (χ1) is 8.20. The summed E-state index contributed by atoms with van der Waals surface area (Å²) in [4.78, 5) is 6.89. The van der Waals surface area contributed by atoms with E-state index in [0.717, 1.165) is 44.0 Å². The van der Waals surface area contributed by atoms with Crippen molar-refractivity contribution in [1.82, 2.24) is 9.88 Å². The van der Waals surface area contributed by atoms with Crippen LogP contribution in [-0.2, 0) is 6.42 Å². The summed E-state index contributed by atoms with van der Waals surface area (Å²) in [5, 5.41) is 0. The van der Waals surface area contributed by atoms with E-state index in [2.05, 4.69) is 23.7 Å². The summed E-state index contributed by atoms with van der Waals surface area (Å²) in [6, 6.07) is 0.617. The first-order valence-electron chi connectivity index (χ1n) is 6.59. The fourth-order valence-corrected chi connectivity index (χ4v) is 2.36. The van der Waals surface area contributed by atoms with Gasteiger partial charge in [-0.05, 0) is 39.8 Å². The van der Waals surface area contributed by atoms with Gasteiger partial charge >= 0.3 is 0 Å². The van der Waals surface area contributed by atoms with E-state index in [1.165, 1.54) is 0 Å². The average Bonchev–Trinajstić information content (AvgIpc) is 2.94. The molecule has 0 spiro atoms. The number of oxazole rings is 1. The van der Waals surface area contributed by atoms with Gasteiger partial charge in [0.05, 0.1) is 6.20 Å². The lowest BCUT2D eigenvalue weighted by Crippen LogP contribution is -2.27. The molecule has 0 radical (unpaired) electrons. The molecule has 1 fully saturated rings. The van der Waals surface area contributed by atoms with Gasteiger partial charge in [-0.3, -0.25) is 0 Å². The zero-order valence-corrected chi connectivity index (χ0v) is 10.9. The number of aryl methyl sites for hydroxylation is 1. The highest BCUT2D eigenvalue weighted by molar-refractivity contribution is 5.02. The van der Waals surface area contributed by atoms with Crippen LogP contribution >= 0.6 is 0 Å². The molecule has 0 aromatic carbocycles. The number of hydrogen-bond acceptors (Lipinski definition) is 4. The van der Waals surface area contributed by atoms with Crippen LogP contribution in [0.2, 0.25) is 0 Å². The number of nitrogens with zero attached hydrogens (tertiary/aromatic N) is 2. The summed E-state index contributed by atoms with van der Waals surface area (Å²) in [7, 11) is 0. The normalized spacial score (nSPS) is 21.5. The Morgan fingerprint density at radius 2 is 2.41 bits per heavy atom. The fraction of sp³-hybridized carbons (Fsp3) is 0.769. The summed E-state index contributed by atoms with van der Waals surface area (Å²) < 4.78 is 5.80. The van der Waals surface area contributed by atoms with Crippen molar-refractivity contribution in [3.05, 3.63) is 17.8 Å². The number of nitrogens with two attached hydrogens (primary N) is 1. The molecule has 1 unspecified atom stereocenters. The van der Waals surface area contributed by atoms with Gasteiger partial charge in [-0.2, -0.15) is 0 Å². The third-order valence-corrected chi connectivity index (χ3v) is 3.50. The Kier molecular flexibility index (Phi) is 4.18. The van der Waals surface area contributed by atoms with Crippen LogP contribution in [0.3, 0.4) is 0 Å². The van der Waals surface area contributed by atoms with Gasteiger partial charge in [-0.25, -0.2) is 4.98 Å². The van der Waals surface area contributed by atoms with Gasteiger partial charge in [-0.15, -0.1) is 0 Å². The predicted molar refractivity (Wildman–Crippen MR) is 67.9 cm³/mol. The van der Waals surface area contributed by atoms with Gasteiger partial charge in [0.1, 0.15) is 5.76 Å². The van der Waals surface area contributed by atoms with Gasteiger partial charge in [0, 0.05) is 24.9 Å². The van der Waals surface area contributed by atoms with E-state index in [1.54, 1.807) is 0 Å². The van der Waals surface area contributed by atoms with Crippen LogP contribution in [0.1, 0.15) is 44.3 Å². The Morgan fingerprint density at radius 1 is 1.59 bits per heavy atom. The molecule has 1 saturated heterocycles. The molecule has 17 heavy (non-hydrogen) atoms. The topological polar surface area (TPSA) is 55.3 Å². The zero-order valence-electron chi connectivity index (χ0n) is 10.9. The summed E-state index contributed by atoms with van der Waals surface area (Å²) in [6.07, 6.45) is 4.90. The monoisotopic (exact) mass is 237 g/mol. The van der Waals surface area contributed by atoms with Crippen molar-refractivity contribution >= 4 is 0 Å². The van der Waals surface area contributed by atoms with Gasteiger partial charge in [0.2, 0.25) is 0 Å². The summed E-state index contributed by atoms with van der Waals surface area (Å²) in [5.41, 5.74) is 5.49. The molecule has 1 aliphatic rings. The molecule has 2 heterocycles. The molecule has 1 aliphatic heterocycles. The third-order valence-electron chi connectivity index (χ3n) is 3.50. The molecule has 2 N–H and O–H groups in total. The lowest BCUT2D eigenvalue weighted by atomic mass is 10.1. The zero-order chi connectivity index (χ0) is 12.3. The van der Waals surface area contributed by atoms with Crippen molar-refractivity contribution in [2.75, 3.05) is 19.6 Å². The largest absolute Gasteiger partial charge is 0.445 e. The molecule has 0 amide bonds.